The van der Waals surface area contributed by atoms with Gasteiger partial charge in [-0.15, -0.1) is 5.10 Å². The molecule has 41 heavy (non-hydrogen) atoms. The van der Waals surface area contributed by atoms with Crippen LogP contribution >= 0.6 is 0 Å². The molecule has 0 aliphatic carbocycles. The smallest absolute Gasteiger partial charge is 0.410 e. The van der Waals surface area contributed by atoms with Gasteiger partial charge in [0.25, 0.3) is 0 Å². The van der Waals surface area contributed by atoms with Crippen LogP contribution < -0.4 is 19.5 Å². The first-order valence-electron chi connectivity index (χ1n) is 13.8. The molecule has 218 valence electrons. The first-order chi connectivity index (χ1) is 19.6. The van der Waals surface area contributed by atoms with Crippen LogP contribution in [0.3, 0.4) is 0 Å². The normalized spacial score (nSPS) is 17.5. The number of ether oxygens (including phenoxy) is 4. The van der Waals surface area contributed by atoms with E-state index in [0.29, 0.717) is 47.8 Å². The quantitative estimate of drug-likeness (QED) is 0.316. The number of fused-ring (bicyclic) bond motifs is 3. The number of carbonyl (C=O) groups is 1. The van der Waals surface area contributed by atoms with Crippen molar-refractivity contribution in [2.24, 2.45) is 0 Å². The summed E-state index contributed by atoms with van der Waals surface area (Å²) in [6.07, 6.45) is 1.38. The van der Waals surface area contributed by atoms with Gasteiger partial charge in [-0.1, -0.05) is 0 Å². The van der Waals surface area contributed by atoms with E-state index in [1.165, 1.54) is 0 Å². The molecule has 0 unspecified atom stereocenters. The van der Waals surface area contributed by atoms with E-state index in [1.54, 1.807) is 30.7 Å². The van der Waals surface area contributed by atoms with Crippen LogP contribution in [0, 0.1) is 0 Å². The summed E-state index contributed by atoms with van der Waals surface area (Å²) >= 11 is 0. The first-order valence-corrected chi connectivity index (χ1v) is 13.8. The zero-order chi connectivity index (χ0) is 29.3. The molecule has 1 fully saturated rings. The fourth-order valence-corrected chi connectivity index (χ4v) is 5.08. The fourth-order valence-electron chi connectivity index (χ4n) is 5.08. The summed E-state index contributed by atoms with van der Waals surface area (Å²) < 4.78 is 23.8. The lowest BCUT2D eigenvalue weighted by molar-refractivity contribution is 0.00938. The molecule has 1 N–H and O–H groups in total. The zero-order valence-electron chi connectivity index (χ0n) is 24.7. The van der Waals surface area contributed by atoms with E-state index in [9.17, 15) is 4.79 Å². The molecule has 2 atom stereocenters. The largest absolute Gasteiger partial charge is 0.497 e. The summed E-state index contributed by atoms with van der Waals surface area (Å²) in [5.74, 6) is 3.28. The second-order valence-corrected chi connectivity index (χ2v) is 11.3. The van der Waals surface area contributed by atoms with Gasteiger partial charge in [0.05, 0.1) is 26.8 Å². The maximum atomic E-state index is 13.0. The number of rotatable bonds is 7. The van der Waals surface area contributed by atoms with Gasteiger partial charge in [0, 0.05) is 48.1 Å². The van der Waals surface area contributed by atoms with Gasteiger partial charge in [-0.05, 0) is 64.8 Å². The van der Waals surface area contributed by atoms with Gasteiger partial charge >= 0.3 is 6.09 Å². The third kappa shape index (κ3) is 5.94. The van der Waals surface area contributed by atoms with Gasteiger partial charge in [-0.3, -0.25) is 0 Å². The number of nitrogens with one attached hydrogen (secondary N) is 1. The molecule has 4 aromatic rings. The highest BCUT2D eigenvalue weighted by Crippen LogP contribution is 2.32. The van der Waals surface area contributed by atoms with Crippen LogP contribution in [0.4, 0.5) is 10.7 Å². The van der Waals surface area contributed by atoms with Crippen molar-refractivity contribution in [2.45, 2.75) is 64.6 Å². The molecule has 2 aromatic carbocycles. The van der Waals surface area contributed by atoms with E-state index in [0.717, 1.165) is 29.3 Å². The van der Waals surface area contributed by atoms with Crippen molar-refractivity contribution in [1.29, 1.82) is 0 Å². The molecule has 0 spiro atoms. The minimum absolute atomic E-state index is 0.0403. The highest BCUT2D eigenvalue weighted by molar-refractivity contribution is 5.93. The van der Waals surface area contributed by atoms with E-state index in [2.05, 4.69) is 12.2 Å². The van der Waals surface area contributed by atoms with Gasteiger partial charge in [-0.25, -0.2) is 14.8 Å². The number of benzene rings is 2. The van der Waals surface area contributed by atoms with E-state index in [-0.39, 0.29) is 18.1 Å². The van der Waals surface area contributed by atoms with Gasteiger partial charge in [0.15, 0.2) is 11.5 Å². The SMILES string of the molecule is COc1ccc(CNc2nc3cc(OC)ccc3c3nc([C@@H]4CC[C@H](C)N(C(=O)OC(C)(C)C)C4)nn23)c(OC)c1. The molecular formula is C30H38N6O5. The Labute approximate surface area is 239 Å². The summed E-state index contributed by atoms with van der Waals surface area (Å²) in [6, 6.07) is 11.5. The third-order valence-corrected chi connectivity index (χ3v) is 7.30. The van der Waals surface area contributed by atoms with E-state index >= 15 is 0 Å². The van der Waals surface area contributed by atoms with Crippen LogP contribution in [0.15, 0.2) is 36.4 Å². The Hall–Kier alpha value is -4.28. The van der Waals surface area contributed by atoms with Gasteiger partial charge in [0.1, 0.15) is 22.8 Å². The van der Waals surface area contributed by atoms with Crippen LogP contribution in [0.5, 0.6) is 17.2 Å². The first kappa shape index (κ1) is 28.3. The van der Waals surface area contributed by atoms with Crippen molar-refractivity contribution in [3.63, 3.8) is 0 Å². The Morgan fingerprint density at radius 1 is 1.00 bits per heavy atom. The van der Waals surface area contributed by atoms with Crippen molar-refractivity contribution in [3.05, 3.63) is 47.8 Å². The highest BCUT2D eigenvalue weighted by atomic mass is 16.6. The molecule has 1 saturated heterocycles. The summed E-state index contributed by atoms with van der Waals surface area (Å²) in [6.45, 7) is 8.61. The van der Waals surface area contributed by atoms with E-state index in [1.807, 2.05) is 57.2 Å². The topological polar surface area (TPSA) is 112 Å². The summed E-state index contributed by atoms with van der Waals surface area (Å²) in [5, 5.41) is 9.20. The second-order valence-electron chi connectivity index (χ2n) is 11.3. The lowest BCUT2D eigenvalue weighted by Crippen LogP contribution is -2.47. The minimum atomic E-state index is -0.566. The molecule has 0 radical (unpaired) electrons. The third-order valence-electron chi connectivity index (χ3n) is 7.30. The molecule has 3 heterocycles. The Balaban J connectivity index is 1.51. The Bertz CT molecular complexity index is 1560. The number of amides is 1. The number of nitrogens with zero attached hydrogens (tertiary/aromatic N) is 5. The van der Waals surface area contributed by atoms with Gasteiger partial charge in [-0.2, -0.15) is 4.52 Å². The number of anilines is 1. The van der Waals surface area contributed by atoms with Crippen LogP contribution in [0.1, 0.15) is 57.8 Å². The number of methoxy groups -OCH3 is 3. The molecule has 11 nitrogen and oxygen atoms in total. The van der Waals surface area contributed by atoms with E-state index < -0.39 is 5.60 Å². The summed E-state index contributed by atoms with van der Waals surface area (Å²) in [7, 11) is 4.88. The molecule has 5 rings (SSSR count). The van der Waals surface area contributed by atoms with Crippen molar-refractivity contribution < 1.29 is 23.7 Å². The molecule has 0 bridgehead atoms. The maximum absolute atomic E-state index is 13.0. The Morgan fingerprint density at radius 3 is 2.44 bits per heavy atom. The number of hydrogen-bond acceptors (Lipinski definition) is 9. The van der Waals surface area contributed by atoms with E-state index in [4.69, 9.17) is 34.0 Å². The van der Waals surface area contributed by atoms with Crippen molar-refractivity contribution >= 4 is 28.6 Å². The molecule has 1 aliphatic heterocycles. The Kier molecular flexibility index (Phi) is 7.79. The lowest BCUT2D eigenvalue weighted by Gasteiger charge is -2.37. The standard InChI is InChI=1S/C30H38N6O5/c1-18-8-9-20(17-35(18)29(37)41-30(2,3)4)26-33-27-23-13-12-21(38-5)14-24(23)32-28(36(27)34-26)31-16-19-10-11-22(39-6)15-25(19)40-7/h10-15,18,20H,8-9,16-17H2,1-7H3,(H,31,32)/t18-,20+/m0/s1. The van der Waals surface area contributed by atoms with Crippen molar-refractivity contribution in [2.75, 3.05) is 33.2 Å². The average Bonchev–Trinajstić information content (AvgIpc) is 3.40. The van der Waals surface area contributed by atoms with Crippen molar-refractivity contribution in [3.8, 4) is 17.2 Å². The lowest BCUT2D eigenvalue weighted by atomic mass is 9.93. The van der Waals surface area contributed by atoms with Crippen LogP contribution in [0.25, 0.3) is 16.6 Å². The van der Waals surface area contributed by atoms with Gasteiger partial charge < -0.3 is 29.2 Å². The van der Waals surface area contributed by atoms with Crippen LogP contribution in [-0.4, -0.2) is 70.1 Å². The minimum Gasteiger partial charge on any atom is -0.497 e. The highest BCUT2D eigenvalue weighted by Gasteiger charge is 2.34. The zero-order valence-corrected chi connectivity index (χ0v) is 24.7. The van der Waals surface area contributed by atoms with Crippen molar-refractivity contribution in [1.82, 2.24) is 24.5 Å². The number of hydrogen-bond donors (Lipinski definition) is 1. The molecule has 11 heteroatoms. The number of piperidine rings is 1. The molecule has 0 saturated carbocycles. The summed E-state index contributed by atoms with van der Waals surface area (Å²) in [4.78, 5) is 24.7. The van der Waals surface area contributed by atoms with Crippen LogP contribution in [0.2, 0.25) is 0 Å². The monoisotopic (exact) mass is 562 g/mol. The predicted octanol–water partition coefficient (Wildman–Crippen LogP) is 5.42. The number of likely N-dealkylation sites (tertiary alicyclic amines) is 1. The number of aromatic nitrogens is 4. The van der Waals surface area contributed by atoms with Gasteiger partial charge in [0.2, 0.25) is 5.95 Å². The maximum Gasteiger partial charge on any atom is 0.410 e. The average molecular weight is 563 g/mol. The Morgan fingerprint density at radius 2 is 1.73 bits per heavy atom. The molecular weight excluding hydrogens is 524 g/mol. The number of carbonyl (C=O) groups excluding carboxylic acids is 1. The second kappa shape index (κ2) is 11.3. The summed E-state index contributed by atoms with van der Waals surface area (Å²) in [5.41, 5.74) is 1.78. The fraction of sp³-hybridized carbons (Fsp3) is 0.467. The van der Waals surface area contributed by atoms with Crippen LogP contribution in [-0.2, 0) is 11.3 Å². The molecule has 1 amide bonds. The molecule has 1 aliphatic rings. The predicted molar refractivity (Wildman–Crippen MR) is 156 cm³/mol. The molecule has 2 aromatic heterocycles.